The van der Waals surface area contributed by atoms with E-state index in [0.29, 0.717) is 37.3 Å². The number of nitrogens with zero attached hydrogens (tertiary/aromatic N) is 1. The molecule has 0 aromatic rings. The fraction of sp³-hybridized carbons (Fsp3) is 0.857. The molecule has 0 aromatic carbocycles. The highest BCUT2D eigenvalue weighted by Gasteiger charge is 2.41. The summed E-state index contributed by atoms with van der Waals surface area (Å²) in [6, 6.07) is 0. The molecule has 4 nitrogen and oxygen atoms in total. The molecule has 0 radical (unpaired) electrons. The SMILES string of the molecule is CCC(CC)(C(=O)N1CCCC(C)(O)CC1)C(N)=S. The first-order valence-corrected chi connectivity index (χ1v) is 7.51. The van der Waals surface area contributed by atoms with Gasteiger partial charge in [0.2, 0.25) is 5.91 Å². The van der Waals surface area contributed by atoms with E-state index in [1.807, 2.05) is 25.7 Å². The number of hydrogen-bond acceptors (Lipinski definition) is 3. The lowest BCUT2D eigenvalue weighted by Gasteiger charge is -2.35. The van der Waals surface area contributed by atoms with Crippen molar-refractivity contribution >= 4 is 23.1 Å². The van der Waals surface area contributed by atoms with Gasteiger partial charge in [-0.2, -0.15) is 0 Å². The van der Waals surface area contributed by atoms with Gasteiger partial charge in [-0.05, 0) is 39.0 Å². The Morgan fingerprint density at radius 3 is 2.42 bits per heavy atom. The molecule has 0 spiro atoms. The van der Waals surface area contributed by atoms with E-state index in [9.17, 15) is 9.90 Å². The van der Waals surface area contributed by atoms with Gasteiger partial charge < -0.3 is 15.7 Å². The van der Waals surface area contributed by atoms with E-state index in [1.165, 1.54) is 0 Å². The normalized spacial score (nSPS) is 24.9. The molecular weight excluding hydrogens is 260 g/mol. The zero-order valence-electron chi connectivity index (χ0n) is 12.2. The highest BCUT2D eigenvalue weighted by atomic mass is 32.1. The van der Waals surface area contributed by atoms with Gasteiger partial charge in [0.1, 0.15) is 0 Å². The Balaban J connectivity index is 2.89. The second-order valence-electron chi connectivity index (χ2n) is 5.80. The molecule has 0 aromatic heterocycles. The summed E-state index contributed by atoms with van der Waals surface area (Å²) < 4.78 is 0. The summed E-state index contributed by atoms with van der Waals surface area (Å²) in [7, 11) is 0. The van der Waals surface area contributed by atoms with Gasteiger partial charge in [0.05, 0.1) is 16.0 Å². The smallest absolute Gasteiger partial charge is 0.235 e. The van der Waals surface area contributed by atoms with Gasteiger partial charge in [-0.3, -0.25) is 4.79 Å². The van der Waals surface area contributed by atoms with Crippen molar-refractivity contribution < 1.29 is 9.90 Å². The zero-order chi connectivity index (χ0) is 14.7. The highest BCUT2D eigenvalue weighted by Crippen LogP contribution is 2.31. The van der Waals surface area contributed by atoms with E-state index >= 15 is 0 Å². The Hall–Kier alpha value is -0.680. The van der Waals surface area contributed by atoms with Gasteiger partial charge >= 0.3 is 0 Å². The summed E-state index contributed by atoms with van der Waals surface area (Å²) in [6.45, 7) is 7.00. The number of thiocarbonyl (C=S) groups is 1. The zero-order valence-corrected chi connectivity index (χ0v) is 13.1. The molecule has 1 aliphatic rings. The van der Waals surface area contributed by atoms with Crippen LogP contribution in [0.4, 0.5) is 0 Å². The minimum absolute atomic E-state index is 0.0303. The van der Waals surface area contributed by atoms with Crippen LogP contribution >= 0.6 is 12.2 Å². The maximum atomic E-state index is 12.8. The molecule has 3 N–H and O–H groups in total. The maximum absolute atomic E-state index is 12.8. The van der Waals surface area contributed by atoms with Crippen LogP contribution in [0.25, 0.3) is 0 Å². The first-order chi connectivity index (χ1) is 8.79. The lowest BCUT2D eigenvalue weighted by molar-refractivity contribution is -0.138. The quantitative estimate of drug-likeness (QED) is 0.774. The van der Waals surface area contributed by atoms with Crippen LogP contribution in [-0.2, 0) is 4.79 Å². The Labute approximate surface area is 121 Å². The highest BCUT2D eigenvalue weighted by molar-refractivity contribution is 7.80. The second kappa shape index (κ2) is 6.18. The molecule has 0 aliphatic carbocycles. The first-order valence-electron chi connectivity index (χ1n) is 7.11. The van der Waals surface area contributed by atoms with Crippen LogP contribution in [0.1, 0.15) is 52.9 Å². The van der Waals surface area contributed by atoms with E-state index in [-0.39, 0.29) is 5.91 Å². The van der Waals surface area contributed by atoms with E-state index in [0.717, 1.165) is 12.8 Å². The number of carbonyl (C=O) groups excluding carboxylic acids is 1. The van der Waals surface area contributed by atoms with Crippen molar-refractivity contribution in [3.63, 3.8) is 0 Å². The standard InChI is InChI=1S/C14H26N2O2S/c1-4-14(5-2,11(15)19)12(17)16-9-6-7-13(3,18)8-10-16/h18H,4-10H2,1-3H3,(H2,15,19). The predicted octanol–water partition coefficient (Wildman–Crippen LogP) is 1.84. The third-order valence-electron chi connectivity index (χ3n) is 4.44. The molecule has 5 heteroatoms. The Kier molecular flexibility index (Phi) is 5.33. The number of likely N-dealkylation sites (tertiary alicyclic amines) is 1. The fourth-order valence-corrected chi connectivity index (χ4v) is 3.15. The van der Waals surface area contributed by atoms with E-state index in [4.69, 9.17) is 18.0 Å². The van der Waals surface area contributed by atoms with Crippen LogP contribution in [0, 0.1) is 5.41 Å². The van der Waals surface area contributed by atoms with Gasteiger partial charge in [0, 0.05) is 13.1 Å². The van der Waals surface area contributed by atoms with Crippen LogP contribution in [0.2, 0.25) is 0 Å². The molecule has 0 saturated carbocycles. The summed E-state index contributed by atoms with van der Waals surface area (Å²) in [5, 5.41) is 10.1. The number of nitrogens with two attached hydrogens (primary N) is 1. The van der Waals surface area contributed by atoms with E-state index < -0.39 is 11.0 Å². The molecule has 1 fully saturated rings. The Morgan fingerprint density at radius 1 is 1.37 bits per heavy atom. The van der Waals surface area contributed by atoms with Crippen molar-refractivity contribution in [3.8, 4) is 0 Å². The maximum Gasteiger partial charge on any atom is 0.235 e. The second-order valence-corrected chi connectivity index (χ2v) is 6.24. The lowest BCUT2D eigenvalue weighted by Crippen LogP contribution is -2.50. The summed E-state index contributed by atoms with van der Waals surface area (Å²) in [5.41, 5.74) is 4.44. The molecular formula is C14H26N2O2S. The number of hydrogen-bond donors (Lipinski definition) is 2. The summed E-state index contributed by atoms with van der Waals surface area (Å²) in [5.74, 6) is 0.0303. The van der Waals surface area contributed by atoms with Crippen molar-refractivity contribution in [2.75, 3.05) is 13.1 Å². The van der Waals surface area contributed by atoms with E-state index in [2.05, 4.69) is 0 Å². The molecule has 1 amide bonds. The van der Waals surface area contributed by atoms with Gasteiger partial charge in [-0.25, -0.2) is 0 Å². The van der Waals surface area contributed by atoms with E-state index in [1.54, 1.807) is 0 Å². The minimum atomic E-state index is -0.717. The number of aliphatic hydroxyl groups is 1. The summed E-state index contributed by atoms with van der Waals surface area (Å²) in [4.78, 5) is 14.9. The topological polar surface area (TPSA) is 66.6 Å². The first kappa shape index (κ1) is 16.4. The fourth-order valence-electron chi connectivity index (χ4n) is 2.78. The van der Waals surface area contributed by atoms with Gasteiger partial charge in [0.25, 0.3) is 0 Å². The lowest BCUT2D eigenvalue weighted by atomic mass is 9.80. The number of rotatable bonds is 4. The van der Waals surface area contributed by atoms with Crippen molar-refractivity contribution in [1.82, 2.24) is 4.90 Å². The predicted molar refractivity (Wildman–Crippen MR) is 80.9 cm³/mol. The van der Waals surface area contributed by atoms with Gasteiger partial charge in [-0.15, -0.1) is 0 Å². The molecule has 1 aliphatic heterocycles. The minimum Gasteiger partial charge on any atom is -0.392 e. The molecule has 1 unspecified atom stereocenters. The molecule has 110 valence electrons. The molecule has 0 bridgehead atoms. The van der Waals surface area contributed by atoms with Gasteiger partial charge in [-0.1, -0.05) is 26.1 Å². The number of amides is 1. The van der Waals surface area contributed by atoms with Crippen LogP contribution in [0.15, 0.2) is 0 Å². The van der Waals surface area contributed by atoms with Crippen molar-refractivity contribution in [2.45, 2.75) is 58.5 Å². The summed E-state index contributed by atoms with van der Waals surface area (Å²) in [6.07, 6.45) is 3.42. The Bertz CT molecular complexity index is 351. The van der Waals surface area contributed by atoms with Gasteiger partial charge in [0.15, 0.2) is 0 Å². The van der Waals surface area contributed by atoms with Crippen molar-refractivity contribution in [2.24, 2.45) is 11.1 Å². The number of carbonyl (C=O) groups is 1. The molecule has 1 atom stereocenters. The molecule has 1 heterocycles. The average molecular weight is 286 g/mol. The monoisotopic (exact) mass is 286 g/mol. The van der Waals surface area contributed by atoms with Crippen molar-refractivity contribution in [3.05, 3.63) is 0 Å². The van der Waals surface area contributed by atoms with Crippen LogP contribution in [0.3, 0.4) is 0 Å². The van der Waals surface area contributed by atoms with Crippen molar-refractivity contribution in [1.29, 1.82) is 0 Å². The summed E-state index contributed by atoms with van der Waals surface area (Å²) >= 11 is 5.13. The third-order valence-corrected chi connectivity index (χ3v) is 4.83. The largest absolute Gasteiger partial charge is 0.392 e. The van der Waals surface area contributed by atoms with Crippen LogP contribution in [-0.4, -0.2) is 39.6 Å². The van der Waals surface area contributed by atoms with Crippen LogP contribution < -0.4 is 5.73 Å². The third kappa shape index (κ3) is 3.45. The Morgan fingerprint density at radius 2 is 1.95 bits per heavy atom. The molecule has 1 saturated heterocycles. The molecule has 19 heavy (non-hydrogen) atoms. The van der Waals surface area contributed by atoms with Crippen LogP contribution in [0.5, 0.6) is 0 Å². The average Bonchev–Trinajstić information content (AvgIpc) is 2.52. The molecule has 1 rings (SSSR count).